The highest BCUT2D eigenvalue weighted by molar-refractivity contribution is 5.85. The molecule has 1 aliphatic heterocycles. The van der Waals surface area contributed by atoms with Crippen LogP contribution < -0.4 is 20.5 Å². The van der Waals surface area contributed by atoms with E-state index in [4.69, 9.17) is 15.2 Å². The molecule has 1 aromatic rings. The second-order valence-corrected chi connectivity index (χ2v) is 6.17. The molecule has 1 unspecified atom stereocenters. The Bertz CT molecular complexity index is 553. The van der Waals surface area contributed by atoms with E-state index in [1.807, 2.05) is 25.1 Å². The normalized spacial score (nSPS) is 23.7. The fourth-order valence-electron chi connectivity index (χ4n) is 3.40. The number of hydrogen-bond donors (Lipinski definition) is 2. The molecule has 0 spiro atoms. The average Bonchev–Trinajstić information content (AvgIpc) is 3.03. The smallest absolute Gasteiger partial charge is 0.223 e. The Morgan fingerprint density at radius 2 is 2.04 bits per heavy atom. The first-order valence-corrected chi connectivity index (χ1v) is 8.09. The molecule has 3 rings (SSSR count). The van der Waals surface area contributed by atoms with Crippen molar-refractivity contribution < 1.29 is 14.3 Å². The van der Waals surface area contributed by atoms with Gasteiger partial charge in [-0.15, -0.1) is 12.4 Å². The maximum absolute atomic E-state index is 12.5. The summed E-state index contributed by atoms with van der Waals surface area (Å²) in [5.74, 6) is 2.03. The van der Waals surface area contributed by atoms with Crippen molar-refractivity contribution in [1.29, 1.82) is 0 Å². The van der Waals surface area contributed by atoms with E-state index < -0.39 is 0 Å². The van der Waals surface area contributed by atoms with E-state index in [1.54, 1.807) is 0 Å². The second kappa shape index (κ2) is 7.88. The van der Waals surface area contributed by atoms with Crippen LogP contribution >= 0.6 is 12.4 Å². The number of carbonyl (C=O) groups excluding carboxylic acids is 1. The Labute approximate surface area is 143 Å². The van der Waals surface area contributed by atoms with Crippen molar-refractivity contribution in [3.05, 3.63) is 23.8 Å². The van der Waals surface area contributed by atoms with Crippen LogP contribution in [0.1, 0.15) is 37.8 Å². The minimum atomic E-state index is -0.0534. The summed E-state index contributed by atoms with van der Waals surface area (Å²) in [6, 6.07) is 5.79. The van der Waals surface area contributed by atoms with Crippen LogP contribution in [0.4, 0.5) is 0 Å². The molecule has 0 aromatic heterocycles. The summed E-state index contributed by atoms with van der Waals surface area (Å²) in [5, 5.41) is 3.12. The number of halogens is 1. The summed E-state index contributed by atoms with van der Waals surface area (Å²) in [7, 11) is 0. The third-order valence-electron chi connectivity index (χ3n) is 4.72. The maximum Gasteiger partial charge on any atom is 0.223 e. The molecule has 128 valence electrons. The third kappa shape index (κ3) is 3.90. The van der Waals surface area contributed by atoms with Gasteiger partial charge < -0.3 is 20.5 Å². The van der Waals surface area contributed by atoms with Gasteiger partial charge in [-0.25, -0.2) is 0 Å². The monoisotopic (exact) mass is 340 g/mol. The van der Waals surface area contributed by atoms with E-state index in [0.29, 0.717) is 25.7 Å². The van der Waals surface area contributed by atoms with Crippen molar-refractivity contribution >= 4 is 18.3 Å². The lowest BCUT2D eigenvalue weighted by molar-refractivity contribution is -0.126. The van der Waals surface area contributed by atoms with Crippen LogP contribution in [0.2, 0.25) is 0 Å². The van der Waals surface area contributed by atoms with Gasteiger partial charge in [-0.2, -0.15) is 0 Å². The lowest BCUT2D eigenvalue weighted by atomic mass is 9.94. The molecule has 1 amide bonds. The molecule has 1 saturated carbocycles. The Kier molecular flexibility index (Phi) is 6.13. The predicted molar refractivity (Wildman–Crippen MR) is 91.1 cm³/mol. The summed E-state index contributed by atoms with van der Waals surface area (Å²) in [5.41, 5.74) is 6.80. The number of carbonyl (C=O) groups is 1. The van der Waals surface area contributed by atoms with Gasteiger partial charge in [-0.3, -0.25) is 4.79 Å². The molecule has 1 aromatic carbocycles. The minimum absolute atomic E-state index is 0. The number of hydrogen-bond acceptors (Lipinski definition) is 4. The van der Waals surface area contributed by atoms with Crippen molar-refractivity contribution in [3.8, 4) is 11.5 Å². The Morgan fingerprint density at radius 3 is 2.78 bits per heavy atom. The van der Waals surface area contributed by atoms with Crippen LogP contribution in [-0.4, -0.2) is 25.7 Å². The van der Waals surface area contributed by atoms with Crippen molar-refractivity contribution in [2.45, 2.75) is 32.2 Å². The molecule has 5 nitrogen and oxygen atoms in total. The molecule has 3 atom stereocenters. The van der Waals surface area contributed by atoms with Crippen LogP contribution in [-0.2, 0) is 4.79 Å². The zero-order valence-electron chi connectivity index (χ0n) is 13.4. The SMILES string of the molecule is CC(NC(=O)[C@@H]1CCC[C@@H]1CN)c1ccc2c(c1)OCCO2.Cl. The van der Waals surface area contributed by atoms with Crippen molar-refractivity contribution in [2.24, 2.45) is 17.6 Å². The molecule has 1 heterocycles. The molecule has 1 fully saturated rings. The van der Waals surface area contributed by atoms with Gasteiger partial charge in [0, 0.05) is 5.92 Å². The molecule has 0 bridgehead atoms. The summed E-state index contributed by atoms with van der Waals surface area (Å²) < 4.78 is 11.1. The molecule has 0 saturated heterocycles. The van der Waals surface area contributed by atoms with Crippen molar-refractivity contribution in [1.82, 2.24) is 5.32 Å². The Morgan fingerprint density at radius 1 is 1.30 bits per heavy atom. The van der Waals surface area contributed by atoms with E-state index in [9.17, 15) is 4.79 Å². The highest BCUT2D eigenvalue weighted by Gasteiger charge is 2.32. The highest BCUT2D eigenvalue weighted by atomic mass is 35.5. The summed E-state index contributed by atoms with van der Waals surface area (Å²) >= 11 is 0. The Balaban J connectivity index is 0.00000192. The summed E-state index contributed by atoms with van der Waals surface area (Å²) in [6.45, 7) is 3.74. The van der Waals surface area contributed by atoms with E-state index >= 15 is 0 Å². The first kappa shape index (κ1) is 17.9. The van der Waals surface area contributed by atoms with E-state index in [1.165, 1.54) is 0 Å². The van der Waals surface area contributed by atoms with Crippen molar-refractivity contribution in [3.63, 3.8) is 0 Å². The molecular weight excluding hydrogens is 316 g/mol. The van der Waals surface area contributed by atoms with Crippen LogP contribution in [0.3, 0.4) is 0 Å². The lowest BCUT2D eigenvalue weighted by Gasteiger charge is -2.23. The minimum Gasteiger partial charge on any atom is -0.486 e. The van der Waals surface area contributed by atoms with Gasteiger partial charge in [0.05, 0.1) is 6.04 Å². The fourth-order valence-corrected chi connectivity index (χ4v) is 3.40. The quantitative estimate of drug-likeness (QED) is 0.882. The van der Waals surface area contributed by atoms with Gasteiger partial charge in [0.25, 0.3) is 0 Å². The molecule has 23 heavy (non-hydrogen) atoms. The second-order valence-electron chi connectivity index (χ2n) is 6.17. The summed E-state index contributed by atoms with van der Waals surface area (Å²) in [6.07, 6.45) is 3.10. The lowest BCUT2D eigenvalue weighted by Crippen LogP contribution is -2.36. The molecule has 0 radical (unpaired) electrons. The van der Waals surface area contributed by atoms with Gasteiger partial charge in [-0.05, 0) is 49.9 Å². The van der Waals surface area contributed by atoms with E-state index in [2.05, 4.69) is 5.32 Å². The zero-order valence-corrected chi connectivity index (χ0v) is 14.2. The third-order valence-corrected chi connectivity index (χ3v) is 4.72. The average molecular weight is 341 g/mol. The van der Waals surface area contributed by atoms with Crippen LogP contribution in [0.15, 0.2) is 18.2 Å². The maximum atomic E-state index is 12.5. The summed E-state index contributed by atoms with van der Waals surface area (Å²) in [4.78, 5) is 12.5. The van der Waals surface area contributed by atoms with Crippen LogP contribution in [0.5, 0.6) is 11.5 Å². The number of amides is 1. The molecule has 6 heteroatoms. The van der Waals surface area contributed by atoms with E-state index in [-0.39, 0.29) is 30.3 Å². The van der Waals surface area contributed by atoms with Gasteiger partial charge in [-0.1, -0.05) is 12.5 Å². The predicted octanol–water partition coefficient (Wildman–Crippen LogP) is 2.43. The molecular formula is C17H25ClN2O3. The number of fused-ring (bicyclic) bond motifs is 1. The standard InChI is InChI=1S/C17H24N2O3.ClH/c1-11(19-17(20)14-4-2-3-13(14)10-18)12-5-6-15-16(9-12)22-8-7-21-15;/h5-6,9,11,13-14H,2-4,7-8,10,18H2,1H3,(H,19,20);1H/t11?,13-,14-;/m1./s1. The van der Waals surface area contributed by atoms with Crippen LogP contribution in [0.25, 0.3) is 0 Å². The molecule has 2 aliphatic rings. The van der Waals surface area contributed by atoms with E-state index in [0.717, 1.165) is 36.3 Å². The highest BCUT2D eigenvalue weighted by Crippen LogP contribution is 2.34. The number of ether oxygens (including phenoxy) is 2. The first-order chi connectivity index (χ1) is 10.7. The van der Waals surface area contributed by atoms with Gasteiger partial charge in [0.2, 0.25) is 5.91 Å². The number of nitrogens with two attached hydrogens (primary N) is 1. The van der Waals surface area contributed by atoms with Gasteiger partial charge in [0.15, 0.2) is 11.5 Å². The fraction of sp³-hybridized carbons (Fsp3) is 0.588. The zero-order chi connectivity index (χ0) is 15.5. The number of nitrogens with one attached hydrogen (secondary N) is 1. The molecule has 1 aliphatic carbocycles. The van der Waals surface area contributed by atoms with Gasteiger partial charge in [0.1, 0.15) is 13.2 Å². The number of benzene rings is 1. The molecule has 3 N–H and O–H groups in total. The topological polar surface area (TPSA) is 73.6 Å². The Hall–Kier alpha value is -1.46. The van der Waals surface area contributed by atoms with Crippen LogP contribution in [0, 0.1) is 11.8 Å². The number of rotatable bonds is 4. The largest absolute Gasteiger partial charge is 0.486 e. The van der Waals surface area contributed by atoms with Crippen molar-refractivity contribution in [2.75, 3.05) is 19.8 Å². The first-order valence-electron chi connectivity index (χ1n) is 8.09. The van der Waals surface area contributed by atoms with Gasteiger partial charge >= 0.3 is 0 Å².